The number of ether oxygens (including phenoxy) is 1. The van der Waals surface area contributed by atoms with Crippen LogP contribution in [0.25, 0.3) is 0 Å². The third kappa shape index (κ3) is 3.56. The number of hydrogen-bond acceptors (Lipinski definition) is 4. The monoisotopic (exact) mass is 328 g/mol. The number of nitrogens with zero attached hydrogens (tertiary/aromatic N) is 2. The smallest absolute Gasteiger partial charge is 0.271 e. The van der Waals surface area contributed by atoms with Crippen LogP contribution in [0.2, 0.25) is 0 Å². The van der Waals surface area contributed by atoms with E-state index >= 15 is 0 Å². The number of amides is 2. The molecule has 0 spiro atoms. The van der Waals surface area contributed by atoms with E-state index in [4.69, 9.17) is 4.74 Å². The zero-order valence-corrected chi connectivity index (χ0v) is 13.7. The number of hydrogen-bond donors (Lipinski definition) is 2. The summed E-state index contributed by atoms with van der Waals surface area (Å²) < 4.78 is 6.77. The Bertz CT molecular complexity index is 765. The molecule has 24 heavy (non-hydrogen) atoms. The molecule has 7 heteroatoms. The molecule has 1 aromatic carbocycles. The number of carbonyl (C=O) groups is 2. The summed E-state index contributed by atoms with van der Waals surface area (Å²) in [6.07, 6.45) is 2.00. The van der Waals surface area contributed by atoms with Gasteiger partial charge in [-0.1, -0.05) is 12.1 Å². The Morgan fingerprint density at radius 3 is 2.75 bits per heavy atom. The van der Waals surface area contributed by atoms with E-state index in [-0.39, 0.29) is 23.6 Å². The molecule has 1 aromatic heterocycles. The highest BCUT2D eigenvalue weighted by atomic mass is 16.5. The Labute approximate surface area is 140 Å². The van der Waals surface area contributed by atoms with E-state index in [1.54, 1.807) is 11.8 Å². The second-order valence-corrected chi connectivity index (χ2v) is 5.75. The molecule has 7 nitrogen and oxygen atoms in total. The number of carbonyl (C=O) groups excluding carboxylic acids is 2. The molecular weight excluding hydrogens is 308 g/mol. The van der Waals surface area contributed by atoms with Crippen LogP contribution in [0, 0.1) is 0 Å². The molecule has 0 bridgehead atoms. The van der Waals surface area contributed by atoms with Gasteiger partial charge in [0.15, 0.2) is 5.69 Å². The van der Waals surface area contributed by atoms with E-state index in [9.17, 15) is 9.59 Å². The van der Waals surface area contributed by atoms with Gasteiger partial charge in [0.25, 0.3) is 11.8 Å². The van der Waals surface area contributed by atoms with Gasteiger partial charge in [-0.25, -0.2) is 0 Å². The minimum absolute atomic E-state index is 0.206. The minimum atomic E-state index is -0.320. The van der Waals surface area contributed by atoms with Crippen LogP contribution in [0.5, 0.6) is 5.75 Å². The lowest BCUT2D eigenvalue weighted by atomic mass is 10.2. The van der Waals surface area contributed by atoms with Crippen molar-refractivity contribution < 1.29 is 14.3 Å². The summed E-state index contributed by atoms with van der Waals surface area (Å²) in [6, 6.07) is 9.29. The van der Waals surface area contributed by atoms with Crippen LogP contribution < -0.4 is 15.4 Å². The lowest BCUT2D eigenvalue weighted by Crippen LogP contribution is -2.28. The molecule has 2 amide bonds. The van der Waals surface area contributed by atoms with Crippen LogP contribution in [0.3, 0.4) is 0 Å². The minimum Gasteiger partial charge on any atom is -0.497 e. The summed E-state index contributed by atoms with van der Waals surface area (Å²) in [7, 11) is 3.14. The summed E-state index contributed by atoms with van der Waals surface area (Å²) in [5.41, 5.74) is 1.53. The third-order valence-electron chi connectivity index (χ3n) is 3.85. The molecule has 2 N–H and O–H groups in total. The molecule has 1 saturated carbocycles. The Morgan fingerprint density at radius 2 is 2.08 bits per heavy atom. The molecule has 0 atom stereocenters. The highest BCUT2D eigenvalue weighted by Gasteiger charge is 2.26. The van der Waals surface area contributed by atoms with Gasteiger partial charge in [-0.15, -0.1) is 0 Å². The number of aromatic nitrogens is 2. The first-order valence-electron chi connectivity index (χ1n) is 7.84. The average molecular weight is 328 g/mol. The first-order chi connectivity index (χ1) is 11.6. The summed E-state index contributed by atoms with van der Waals surface area (Å²) >= 11 is 0. The highest BCUT2D eigenvalue weighted by Crippen LogP contribution is 2.20. The van der Waals surface area contributed by atoms with Gasteiger partial charge in [-0.05, 0) is 30.5 Å². The molecule has 3 rings (SSSR count). The first kappa shape index (κ1) is 16.0. The molecular formula is C17H20N4O3. The van der Waals surface area contributed by atoms with Gasteiger partial charge in [0.1, 0.15) is 11.4 Å². The normalized spacial score (nSPS) is 13.4. The summed E-state index contributed by atoms with van der Waals surface area (Å²) in [5, 5.41) is 9.75. The molecule has 126 valence electrons. The molecule has 0 aliphatic heterocycles. The largest absolute Gasteiger partial charge is 0.497 e. The van der Waals surface area contributed by atoms with Crippen LogP contribution in [0.1, 0.15) is 39.4 Å². The van der Waals surface area contributed by atoms with Crippen molar-refractivity contribution in [2.24, 2.45) is 0 Å². The Morgan fingerprint density at radius 1 is 1.29 bits per heavy atom. The Kier molecular flexibility index (Phi) is 4.50. The van der Waals surface area contributed by atoms with Crippen molar-refractivity contribution in [1.82, 2.24) is 20.4 Å². The van der Waals surface area contributed by atoms with Crippen molar-refractivity contribution in [2.45, 2.75) is 25.4 Å². The summed E-state index contributed by atoms with van der Waals surface area (Å²) in [6.45, 7) is 0.377. The van der Waals surface area contributed by atoms with Crippen LogP contribution in [0.4, 0.5) is 0 Å². The van der Waals surface area contributed by atoms with Gasteiger partial charge in [-0.2, -0.15) is 5.10 Å². The molecule has 1 heterocycles. The predicted molar refractivity (Wildman–Crippen MR) is 88.2 cm³/mol. The number of nitrogens with one attached hydrogen (secondary N) is 2. The van der Waals surface area contributed by atoms with E-state index in [1.807, 2.05) is 24.3 Å². The predicted octanol–water partition coefficient (Wildman–Crippen LogP) is 1.19. The Balaban J connectivity index is 1.89. The fourth-order valence-electron chi connectivity index (χ4n) is 2.39. The molecule has 1 fully saturated rings. The van der Waals surface area contributed by atoms with Crippen molar-refractivity contribution in [3.05, 3.63) is 47.3 Å². The highest BCUT2D eigenvalue weighted by molar-refractivity contribution is 5.98. The van der Waals surface area contributed by atoms with Gasteiger partial charge >= 0.3 is 0 Å². The fraction of sp³-hybridized carbons (Fsp3) is 0.353. The van der Waals surface area contributed by atoms with Crippen molar-refractivity contribution in [3.8, 4) is 5.75 Å². The quantitative estimate of drug-likeness (QED) is 0.834. The number of rotatable bonds is 6. The average Bonchev–Trinajstić information content (AvgIpc) is 3.31. The lowest BCUT2D eigenvalue weighted by molar-refractivity contribution is 0.0937. The number of methoxy groups -OCH3 is 1. The maximum atomic E-state index is 12.4. The van der Waals surface area contributed by atoms with E-state index in [2.05, 4.69) is 15.7 Å². The molecule has 1 aliphatic rings. The molecule has 2 aromatic rings. The SMILES string of the molecule is CNC(=O)c1cc(C(=O)NC2CC2)n(Cc2cccc(OC)c2)n1. The first-order valence-corrected chi connectivity index (χ1v) is 7.84. The van der Waals surface area contributed by atoms with Crippen LogP contribution in [-0.2, 0) is 6.54 Å². The summed E-state index contributed by atoms with van der Waals surface area (Å²) in [5.74, 6) is 0.207. The lowest BCUT2D eigenvalue weighted by Gasteiger charge is -2.09. The molecule has 0 saturated heterocycles. The van der Waals surface area contributed by atoms with Crippen molar-refractivity contribution in [3.63, 3.8) is 0 Å². The van der Waals surface area contributed by atoms with Crippen LogP contribution in [0.15, 0.2) is 30.3 Å². The van der Waals surface area contributed by atoms with Gasteiger partial charge in [0, 0.05) is 19.2 Å². The van der Waals surface area contributed by atoms with Crippen molar-refractivity contribution in [1.29, 1.82) is 0 Å². The third-order valence-corrected chi connectivity index (χ3v) is 3.85. The zero-order valence-electron chi connectivity index (χ0n) is 13.7. The zero-order chi connectivity index (χ0) is 17.1. The molecule has 0 unspecified atom stereocenters. The second kappa shape index (κ2) is 6.74. The van der Waals surface area contributed by atoms with Crippen molar-refractivity contribution >= 4 is 11.8 Å². The molecule has 0 radical (unpaired) electrons. The van der Waals surface area contributed by atoms with Crippen LogP contribution in [-0.4, -0.2) is 41.8 Å². The second-order valence-electron chi connectivity index (χ2n) is 5.75. The number of benzene rings is 1. The van der Waals surface area contributed by atoms with Crippen molar-refractivity contribution in [2.75, 3.05) is 14.2 Å². The maximum Gasteiger partial charge on any atom is 0.271 e. The summed E-state index contributed by atoms with van der Waals surface area (Å²) in [4.78, 5) is 24.3. The fourth-order valence-corrected chi connectivity index (χ4v) is 2.39. The maximum absolute atomic E-state index is 12.4. The van der Waals surface area contributed by atoms with Gasteiger partial charge in [0.2, 0.25) is 0 Å². The van der Waals surface area contributed by atoms with Crippen LogP contribution >= 0.6 is 0 Å². The molecule has 1 aliphatic carbocycles. The van der Waals surface area contributed by atoms with E-state index in [0.29, 0.717) is 12.2 Å². The van der Waals surface area contributed by atoms with E-state index < -0.39 is 0 Å². The standard InChI is InChI=1S/C17H20N4O3/c1-18-16(22)14-9-15(17(23)19-12-6-7-12)21(20-14)10-11-4-3-5-13(8-11)24-2/h3-5,8-9,12H,6-7,10H2,1-2H3,(H,18,22)(H,19,23). The van der Waals surface area contributed by atoms with Gasteiger partial charge < -0.3 is 15.4 Å². The van der Waals surface area contributed by atoms with Gasteiger partial charge in [-0.3, -0.25) is 14.3 Å². The van der Waals surface area contributed by atoms with E-state index in [1.165, 1.54) is 13.1 Å². The van der Waals surface area contributed by atoms with E-state index in [0.717, 1.165) is 24.2 Å². The Hall–Kier alpha value is -2.83. The topological polar surface area (TPSA) is 85.2 Å². The van der Waals surface area contributed by atoms with Gasteiger partial charge in [0.05, 0.1) is 13.7 Å².